The summed E-state index contributed by atoms with van der Waals surface area (Å²) < 4.78 is 6.97. The Morgan fingerprint density at radius 3 is 2.68 bits per heavy atom. The first-order valence-electron chi connectivity index (χ1n) is 7.43. The van der Waals surface area contributed by atoms with E-state index in [2.05, 4.69) is 5.10 Å². The van der Waals surface area contributed by atoms with E-state index in [-0.39, 0.29) is 25.0 Å². The largest absolute Gasteiger partial charge is 0.479 e. The molecule has 122 valence electrons. The van der Waals surface area contributed by atoms with Crippen LogP contribution in [0.2, 0.25) is 0 Å². The Kier molecular flexibility index (Phi) is 4.85. The predicted molar refractivity (Wildman–Crippen MR) is 79.5 cm³/mol. The molecule has 0 aliphatic carbocycles. The van der Waals surface area contributed by atoms with E-state index < -0.39 is 12.1 Å². The summed E-state index contributed by atoms with van der Waals surface area (Å²) in [6.45, 7) is 6.62. The number of nitrogens with zero attached hydrogens (tertiary/aromatic N) is 3. The van der Waals surface area contributed by atoms with Crippen molar-refractivity contribution in [2.45, 2.75) is 33.3 Å². The molecule has 1 aliphatic heterocycles. The molecule has 1 N–H and O–H groups in total. The van der Waals surface area contributed by atoms with Crippen LogP contribution in [0.25, 0.3) is 0 Å². The maximum atomic E-state index is 12.6. The van der Waals surface area contributed by atoms with Crippen LogP contribution >= 0.6 is 0 Å². The van der Waals surface area contributed by atoms with Gasteiger partial charge in [0.2, 0.25) is 5.91 Å². The van der Waals surface area contributed by atoms with Gasteiger partial charge in [0.05, 0.1) is 18.8 Å². The Hall–Kier alpha value is -1.89. The lowest BCUT2D eigenvalue weighted by Crippen LogP contribution is -2.50. The minimum absolute atomic E-state index is 0.0304. The van der Waals surface area contributed by atoms with E-state index >= 15 is 0 Å². The van der Waals surface area contributed by atoms with Crippen molar-refractivity contribution < 1.29 is 19.4 Å². The second-order valence-electron chi connectivity index (χ2n) is 5.86. The smallest absolute Gasteiger partial charge is 0.334 e. The van der Waals surface area contributed by atoms with Crippen molar-refractivity contribution in [1.29, 1.82) is 0 Å². The molecular weight excluding hydrogens is 286 g/mol. The number of aliphatic carboxylic acids is 1. The molecule has 0 radical (unpaired) electrons. The van der Waals surface area contributed by atoms with E-state index in [0.717, 1.165) is 17.0 Å². The van der Waals surface area contributed by atoms with Crippen LogP contribution in [0.15, 0.2) is 0 Å². The molecule has 2 rings (SSSR count). The number of carbonyl (C=O) groups excluding carboxylic acids is 1. The second-order valence-corrected chi connectivity index (χ2v) is 5.86. The topological polar surface area (TPSA) is 84.7 Å². The predicted octanol–water partition coefficient (Wildman–Crippen LogP) is 0.528. The second kappa shape index (κ2) is 6.48. The molecule has 1 aliphatic rings. The standard InChI is InChI=1S/C15H23N3O4/c1-9(7-12-10(2)16-17(4)11(12)3)14(19)18-5-6-22-13(8-18)15(20)21/h9,13H,5-8H2,1-4H3,(H,20,21)/t9-,13-/m0/s1. The Balaban J connectivity index is 2.04. The van der Waals surface area contributed by atoms with Gasteiger partial charge in [0.25, 0.3) is 0 Å². The van der Waals surface area contributed by atoms with Crippen LogP contribution in [0.3, 0.4) is 0 Å². The quantitative estimate of drug-likeness (QED) is 0.877. The van der Waals surface area contributed by atoms with Crippen LogP contribution < -0.4 is 0 Å². The van der Waals surface area contributed by atoms with E-state index in [1.807, 2.05) is 32.5 Å². The maximum absolute atomic E-state index is 12.6. The molecule has 0 saturated carbocycles. The van der Waals surface area contributed by atoms with Crippen LogP contribution in [0.5, 0.6) is 0 Å². The Bertz CT molecular complexity index is 582. The number of rotatable bonds is 4. The summed E-state index contributed by atoms with van der Waals surface area (Å²) in [6.07, 6.45) is -0.314. The molecule has 1 saturated heterocycles. The van der Waals surface area contributed by atoms with Crippen molar-refractivity contribution in [2.75, 3.05) is 19.7 Å². The SMILES string of the molecule is Cc1nn(C)c(C)c1C[C@H](C)C(=O)N1CCO[C@H](C(=O)O)C1. The maximum Gasteiger partial charge on any atom is 0.334 e. The summed E-state index contributed by atoms with van der Waals surface area (Å²) in [7, 11) is 1.89. The third kappa shape index (κ3) is 3.30. The molecule has 0 unspecified atom stereocenters. The molecule has 22 heavy (non-hydrogen) atoms. The van der Waals surface area contributed by atoms with Gasteiger partial charge in [-0.1, -0.05) is 6.92 Å². The lowest BCUT2D eigenvalue weighted by Gasteiger charge is -2.32. The summed E-state index contributed by atoms with van der Waals surface area (Å²) in [6, 6.07) is 0. The third-order valence-electron chi connectivity index (χ3n) is 4.24. The first-order valence-corrected chi connectivity index (χ1v) is 7.43. The minimum atomic E-state index is -1.02. The molecule has 0 spiro atoms. The fraction of sp³-hybridized carbons (Fsp3) is 0.667. The third-order valence-corrected chi connectivity index (χ3v) is 4.24. The van der Waals surface area contributed by atoms with Crippen LogP contribution in [-0.4, -0.2) is 57.5 Å². The van der Waals surface area contributed by atoms with Crippen LogP contribution in [0.1, 0.15) is 23.9 Å². The fourth-order valence-electron chi connectivity index (χ4n) is 2.82. The van der Waals surface area contributed by atoms with Gasteiger partial charge < -0.3 is 14.7 Å². The van der Waals surface area contributed by atoms with E-state index in [1.165, 1.54) is 0 Å². The fourth-order valence-corrected chi connectivity index (χ4v) is 2.82. The highest BCUT2D eigenvalue weighted by molar-refractivity contribution is 5.80. The molecule has 0 bridgehead atoms. The number of aryl methyl sites for hydroxylation is 2. The first kappa shape index (κ1) is 16.5. The normalized spacial score (nSPS) is 20.0. The van der Waals surface area contributed by atoms with Crippen LogP contribution in [0, 0.1) is 19.8 Å². The molecule has 1 aromatic rings. The van der Waals surface area contributed by atoms with E-state index in [1.54, 1.807) is 4.90 Å². The van der Waals surface area contributed by atoms with Crippen molar-refractivity contribution in [3.8, 4) is 0 Å². The molecule has 7 heteroatoms. The summed E-state index contributed by atoms with van der Waals surface area (Å²) in [5, 5.41) is 13.4. The highest BCUT2D eigenvalue weighted by Gasteiger charge is 2.31. The number of carboxylic acid groups (broad SMARTS) is 1. The molecule has 1 amide bonds. The lowest BCUT2D eigenvalue weighted by atomic mass is 9.98. The number of aromatic nitrogens is 2. The van der Waals surface area contributed by atoms with Gasteiger partial charge in [-0.05, 0) is 25.8 Å². The molecule has 1 aromatic heterocycles. The Morgan fingerprint density at radius 2 is 2.14 bits per heavy atom. The molecule has 1 fully saturated rings. The minimum Gasteiger partial charge on any atom is -0.479 e. The van der Waals surface area contributed by atoms with Crippen LogP contribution in [0.4, 0.5) is 0 Å². The van der Waals surface area contributed by atoms with Gasteiger partial charge in [-0.2, -0.15) is 5.10 Å². The monoisotopic (exact) mass is 309 g/mol. The average molecular weight is 309 g/mol. The summed E-state index contributed by atoms with van der Waals surface area (Å²) in [5.74, 6) is -1.27. The summed E-state index contributed by atoms with van der Waals surface area (Å²) in [4.78, 5) is 25.1. The van der Waals surface area contributed by atoms with Gasteiger partial charge >= 0.3 is 5.97 Å². The van der Waals surface area contributed by atoms with Gasteiger partial charge in [-0.25, -0.2) is 4.79 Å². The highest BCUT2D eigenvalue weighted by atomic mass is 16.5. The molecule has 0 aromatic carbocycles. The van der Waals surface area contributed by atoms with Crippen molar-refractivity contribution in [3.05, 3.63) is 17.0 Å². The number of hydrogen-bond donors (Lipinski definition) is 1. The van der Waals surface area contributed by atoms with Crippen molar-refractivity contribution >= 4 is 11.9 Å². The van der Waals surface area contributed by atoms with Gasteiger partial charge in [0.15, 0.2) is 6.10 Å². The van der Waals surface area contributed by atoms with Crippen molar-refractivity contribution in [1.82, 2.24) is 14.7 Å². The highest BCUT2D eigenvalue weighted by Crippen LogP contribution is 2.19. The van der Waals surface area contributed by atoms with E-state index in [4.69, 9.17) is 9.84 Å². The summed E-state index contributed by atoms with van der Waals surface area (Å²) >= 11 is 0. The van der Waals surface area contributed by atoms with Gasteiger partial charge in [-0.15, -0.1) is 0 Å². The first-order chi connectivity index (χ1) is 10.3. The van der Waals surface area contributed by atoms with Crippen LogP contribution in [-0.2, 0) is 27.8 Å². The molecule has 7 nitrogen and oxygen atoms in total. The van der Waals surface area contributed by atoms with E-state index in [9.17, 15) is 9.59 Å². The summed E-state index contributed by atoms with van der Waals surface area (Å²) in [5.41, 5.74) is 3.08. The number of amides is 1. The van der Waals surface area contributed by atoms with E-state index in [0.29, 0.717) is 13.0 Å². The van der Waals surface area contributed by atoms with Gasteiger partial charge in [0.1, 0.15) is 0 Å². The van der Waals surface area contributed by atoms with Crippen molar-refractivity contribution in [2.24, 2.45) is 13.0 Å². The zero-order valence-electron chi connectivity index (χ0n) is 13.5. The lowest BCUT2D eigenvalue weighted by molar-refractivity contribution is -0.160. The number of hydrogen-bond acceptors (Lipinski definition) is 4. The van der Waals surface area contributed by atoms with Gasteiger partial charge in [0, 0.05) is 25.2 Å². The number of ether oxygens (including phenoxy) is 1. The number of carboxylic acids is 1. The van der Waals surface area contributed by atoms with Crippen molar-refractivity contribution in [3.63, 3.8) is 0 Å². The van der Waals surface area contributed by atoms with Gasteiger partial charge in [-0.3, -0.25) is 9.48 Å². The molecule has 2 heterocycles. The Labute approximate surface area is 129 Å². The Morgan fingerprint density at radius 1 is 1.45 bits per heavy atom. The molecule has 2 atom stereocenters. The zero-order valence-corrected chi connectivity index (χ0v) is 13.5. The number of morpholine rings is 1. The zero-order chi connectivity index (χ0) is 16.4. The number of carbonyl (C=O) groups is 2. The average Bonchev–Trinajstić information content (AvgIpc) is 2.73. The molecular formula is C15H23N3O4.